The molecule has 1 aromatic heterocycles. The van der Waals surface area contributed by atoms with Crippen LogP contribution in [0.5, 0.6) is 11.5 Å². The maximum atomic E-state index is 13.5. The molecule has 1 amide bonds. The van der Waals surface area contributed by atoms with Crippen LogP contribution >= 0.6 is 23.1 Å². The number of nitrogens with one attached hydrogen (secondary N) is 1. The molecule has 0 fully saturated rings. The summed E-state index contributed by atoms with van der Waals surface area (Å²) in [7, 11) is -1.11. The first-order valence-electron chi connectivity index (χ1n) is 12.0. The number of rotatable bonds is 11. The Bertz CT molecular complexity index is 1430. The van der Waals surface area contributed by atoms with E-state index in [-0.39, 0.29) is 22.9 Å². The van der Waals surface area contributed by atoms with Crippen LogP contribution in [0.3, 0.4) is 0 Å². The second-order valence-electron chi connectivity index (χ2n) is 7.82. The highest BCUT2D eigenvalue weighted by Gasteiger charge is 2.29. The van der Waals surface area contributed by atoms with Crippen molar-refractivity contribution in [1.82, 2.24) is 10.3 Å². The van der Waals surface area contributed by atoms with Crippen LogP contribution < -0.4 is 19.1 Å². The van der Waals surface area contributed by atoms with E-state index in [1.54, 1.807) is 66.4 Å². The molecule has 0 saturated carbocycles. The van der Waals surface area contributed by atoms with Crippen LogP contribution in [0, 0.1) is 0 Å². The summed E-state index contributed by atoms with van der Waals surface area (Å²) < 4.78 is 40.8. The van der Waals surface area contributed by atoms with Crippen molar-refractivity contribution in [1.29, 1.82) is 0 Å². The van der Waals surface area contributed by atoms with Crippen molar-refractivity contribution >= 4 is 54.9 Å². The molecule has 4 rings (SSSR count). The molecular weight excluding hydrogens is 559 g/mol. The fourth-order valence-electron chi connectivity index (χ4n) is 3.44. The molecule has 0 bridgehead atoms. The normalized spacial score (nSPS) is 10.9. The highest BCUT2D eigenvalue weighted by atomic mass is 32.2. The van der Waals surface area contributed by atoms with E-state index in [0.717, 1.165) is 18.9 Å². The van der Waals surface area contributed by atoms with Gasteiger partial charge in [-0.3, -0.25) is 9.10 Å². The minimum absolute atomic E-state index is 0.0714. The third kappa shape index (κ3) is 8.09. The number of nitrogens with zero attached hydrogens (tertiary/aromatic N) is 2. The van der Waals surface area contributed by atoms with E-state index >= 15 is 0 Å². The van der Waals surface area contributed by atoms with Gasteiger partial charge in [-0.15, -0.1) is 11.3 Å². The number of aliphatic hydroxyl groups excluding tert-OH is 1. The van der Waals surface area contributed by atoms with E-state index in [0.29, 0.717) is 18.0 Å². The molecule has 0 saturated heterocycles. The first kappa shape index (κ1) is 30.2. The molecular formula is C27H31N3O6S3. The molecule has 0 spiro atoms. The summed E-state index contributed by atoms with van der Waals surface area (Å²) in [5, 5.41) is 10.4. The van der Waals surface area contributed by atoms with Crippen molar-refractivity contribution in [3.63, 3.8) is 0 Å². The average Bonchev–Trinajstić information content (AvgIpc) is 3.37. The number of carbonyl (C=O) groups excluding carboxylic acids is 1. The van der Waals surface area contributed by atoms with Crippen LogP contribution in [0.2, 0.25) is 0 Å². The third-order valence-electron chi connectivity index (χ3n) is 5.20. The molecule has 9 nitrogen and oxygen atoms in total. The van der Waals surface area contributed by atoms with Crippen molar-refractivity contribution in [2.45, 2.75) is 16.2 Å². The van der Waals surface area contributed by atoms with E-state index in [2.05, 4.69) is 10.3 Å². The Morgan fingerprint density at radius 2 is 1.74 bits per heavy atom. The molecule has 12 heteroatoms. The quantitative estimate of drug-likeness (QED) is 0.195. The summed E-state index contributed by atoms with van der Waals surface area (Å²) in [4.78, 5) is 17.5. The number of methoxy groups -OCH3 is 2. The van der Waals surface area contributed by atoms with Gasteiger partial charge in [0.05, 0.1) is 35.0 Å². The number of hydrogen-bond acceptors (Lipinski definition) is 9. The Labute approximate surface area is 236 Å². The lowest BCUT2D eigenvalue weighted by atomic mass is 10.2. The number of thiazole rings is 1. The number of sulfonamides is 1. The van der Waals surface area contributed by atoms with Gasteiger partial charge in [0, 0.05) is 25.0 Å². The van der Waals surface area contributed by atoms with Crippen LogP contribution in [0.4, 0.5) is 5.69 Å². The van der Waals surface area contributed by atoms with Crippen molar-refractivity contribution < 1.29 is 27.8 Å². The van der Waals surface area contributed by atoms with E-state index in [9.17, 15) is 13.2 Å². The van der Waals surface area contributed by atoms with Crippen LogP contribution in [0.15, 0.2) is 82.0 Å². The Kier molecular flexibility index (Phi) is 11.4. The summed E-state index contributed by atoms with van der Waals surface area (Å²) in [5.74, 6) is 0.942. The molecule has 4 aromatic rings. The number of thioether (sulfide) groups is 1. The average molecular weight is 590 g/mol. The molecule has 1 heterocycles. The van der Waals surface area contributed by atoms with Gasteiger partial charge in [-0.2, -0.15) is 0 Å². The predicted octanol–water partition coefficient (Wildman–Crippen LogP) is 4.42. The third-order valence-corrected chi connectivity index (χ3v) is 9.15. The fourth-order valence-corrected chi connectivity index (χ4v) is 6.88. The second kappa shape index (κ2) is 14.7. The number of amides is 1. The van der Waals surface area contributed by atoms with Gasteiger partial charge in [0.1, 0.15) is 18.0 Å². The minimum Gasteiger partial charge on any atom is -0.497 e. The van der Waals surface area contributed by atoms with Gasteiger partial charge < -0.3 is 19.9 Å². The summed E-state index contributed by atoms with van der Waals surface area (Å²) in [6.07, 6.45) is 0. The highest BCUT2D eigenvalue weighted by Crippen LogP contribution is 2.35. The molecule has 3 aromatic carbocycles. The van der Waals surface area contributed by atoms with E-state index < -0.39 is 22.5 Å². The Morgan fingerprint density at radius 3 is 2.41 bits per heavy atom. The SMILES string of the molecule is CCO.COc1ccc(N(CC(=O)NCCSc2nc3ccccc3s2)S(=O)(=O)c2ccccc2)c(OC)c1. The number of aromatic nitrogens is 1. The number of carbonyl (C=O) groups is 1. The van der Waals surface area contributed by atoms with E-state index in [1.807, 2.05) is 24.3 Å². The Balaban J connectivity index is 0.00000134. The summed E-state index contributed by atoms with van der Waals surface area (Å²) in [6, 6.07) is 20.7. The zero-order valence-corrected chi connectivity index (χ0v) is 24.3. The zero-order chi connectivity index (χ0) is 28.3. The maximum Gasteiger partial charge on any atom is 0.264 e. The number of aliphatic hydroxyl groups is 1. The first-order valence-corrected chi connectivity index (χ1v) is 15.2. The lowest BCUT2D eigenvalue weighted by molar-refractivity contribution is -0.119. The lowest BCUT2D eigenvalue weighted by Gasteiger charge is -2.26. The highest BCUT2D eigenvalue weighted by molar-refractivity contribution is 8.01. The number of benzene rings is 3. The molecule has 0 aliphatic carbocycles. The topological polar surface area (TPSA) is 118 Å². The van der Waals surface area contributed by atoms with Gasteiger partial charge in [0.2, 0.25) is 5.91 Å². The molecule has 0 atom stereocenters. The van der Waals surface area contributed by atoms with Crippen molar-refractivity contribution in [2.75, 3.05) is 44.0 Å². The summed E-state index contributed by atoms with van der Waals surface area (Å²) in [5.41, 5.74) is 1.19. The molecule has 2 N–H and O–H groups in total. The fraction of sp³-hybridized carbons (Fsp3) is 0.259. The van der Waals surface area contributed by atoms with Crippen LogP contribution in [-0.2, 0) is 14.8 Å². The van der Waals surface area contributed by atoms with Gasteiger partial charge in [-0.05, 0) is 43.3 Å². The number of para-hydroxylation sites is 1. The predicted molar refractivity (Wildman–Crippen MR) is 157 cm³/mol. The molecule has 0 aliphatic heterocycles. The van der Waals surface area contributed by atoms with Gasteiger partial charge >= 0.3 is 0 Å². The van der Waals surface area contributed by atoms with Gasteiger partial charge in [0.25, 0.3) is 10.0 Å². The van der Waals surface area contributed by atoms with Gasteiger partial charge in [-0.25, -0.2) is 13.4 Å². The Hall–Kier alpha value is -3.32. The van der Waals surface area contributed by atoms with Crippen LogP contribution in [-0.4, -0.2) is 64.1 Å². The van der Waals surface area contributed by atoms with Crippen molar-refractivity contribution in [3.8, 4) is 11.5 Å². The van der Waals surface area contributed by atoms with E-state index in [4.69, 9.17) is 14.6 Å². The van der Waals surface area contributed by atoms with Gasteiger partial charge in [0.15, 0.2) is 4.34 Å². The molecule has 0 aliphatic rings. The van der Waals surface area contributed by atoms with Crippen LogP contribution in [0.25, 0.3) is 10.2 Å². The largest absolute Gasteiger partial charge is 0.497 e. The zero-order valence-electron chi connectivity index (χ0n) is 21.9. The monoisotopic (exact) mass is 589 g/mol. The number of fused-ring (bicyclic) bond motifs is 1. The molecule has 0 unspecified atom stereocenters. The summed E-state index contributed by atoms with van der Waals surface area (Å²) in [6.45, 7) is 1.88. The minimum atomic E-state index is -4.05. The standard InChI is InChI=1S/C25H25N3O5S3.C2H6O/c1-32-18-12-13-21(22(16-18)33-2)28(36(30,31)19-8-4-3-5-9-19)17-24(29)26-14-15-34-25-27-20-10-6-7-11-23(20)35-25;1-2-3/h3-13,16H,14-15,17H2,1-2H3,(H,26,29);3H,2H2,1H3. The van der Waals surface area contributed by atoms with Gasteiger partial charge in [-0.1, -0.05) is 42.1 Å². The first-order chi connectivity index (χ1) is 18.8. The maximum absolute atomic E-state index is 13.5. The van der Waals surface area contributed by atoms with Crippen molar-refractivity contribution in [3.05, 3.63) is 72.8 Å². The number of hydrogen-bond donors (Lipinski definition) is 2. The Morgan fingerprint density at radius 1 is 1.05 bits per heavy atom. The number of ether oxygens (including phenoxy) is 2. The summed E-state index contributed by atoms with van der Waals surface area (Å²) >= 11 is 3.14. The second-order valence-corrected chi connectivity index (χ2v) is 12.1. The molecule has 39 heavy (non-hydrogen) atoms. The van der Waals surface area contributed by atoms with E-state index in [1.165, 1.54) is 26.4 Å². The smallest absolute Gasteiger partial charge is 0.264 e. The molecule has 0 radical (unpaired) electrons. The lowest BCUT2D eigenvalue weighted by Crippen LogP contribution is -2.41. The molecule has 208 valence electrons. The number of anilines is 1. The van der Waals surface area contributed by atoms with Crippen molar-refractivity contribution in [2.24, 2.45) is 0 Å². The van der Waals surface area contributed by atoms with Crippen LogP contribution in [0.1, 0.15) is 6.92 Å².